The minimum atomic E-state index is 0.307. The van der Waals surface area contributed by atoms with E-state index in [9.17, 15) is 0 Å². The molecule has 4 aromatic carbocycles. The molecule has 0 unspecified atom stereocenters. The fourth-order valence-corrected chi connectivity index (χ4v) is 4.67. The molecule has 0 spiro atoms. The van der Waals surface area contributed by atoms with E-state index in [0.29, 0.717) is 127 Å². The van der Waals surface area contributed by atoms with Gasteiger partial charge in [-0.15, -0.1) is 0 Å². The van der Waals surface area contributed by atoms with Crippen LogP contribution in [-0.2, 0) is 32.2 Å². The van der Waals surface area contributed by atoms with Crippen molar-refractivity contribution in [1.29, 1.82) is 0 Å². The Labute approximate surface area is 282 Å². The highest BCUT2D eigenvalue weighted by molar-refractivity contribution is 5.52. The van der Waals surface area contributed by atoms with E-state index in [2.05, 4.69) is 0 Å². The quantitative estimate of drug-likeness (QED) is 0.240. The Hall–Kier alpha value is -4.48. The smallest absolute Gasteiger partial charge is 0.203 e. The third kappa shape index (κ3) is 12.0. The van der Waals surface area contributed by atoms with Gasteiger partial charge < -0.3 is 47.4 Å². The molecule has 4 aromatic rings. The zero-order chi connectivity index (χ0) is 32.9. The Morgan fingerprint density at radius 2 is 0.708 bits per heavy atom. The number of fused-ring (bicyclic) bond motifs is 2. The fraction of sp³-hybridized carbons (Fsp3) is 0.368. The molecule has 1 aliphatic rings. The normalized spacial score (nSPS) is 15.8. The number of rotatable bonds is 6. The van der Waals surface area contributed by atoms with Gasteiger partial charge >= 0.3 is 0 Å². The molecule has 0 aliphatic carbocycles. The van der Waals surface area contributed by atoms with Crippen LogP contribution in [0.4, 0.5) is 0 Å². The molecule has 10 nitrogen and oxygen atoms in total. The minimum Gasteiger partial charge on any atom is -0.487 e. The summed E-state index contributed by atoms with van der Waals surface area (Å²) in [6, 6.07) is 31.1. The molecule has 256 valence electrons. The van der Waals surface area contributed by atoms with E-state index in [4.69, 9.17) is 47.4 Å². The molecule has 0 fully saturated rings. The molecule has 0 atom stereocenters. The molecule has 0 saturated carbocycles. The summed E-state index contributed by atoms with van der Waals surface area (Å²) < 4.78 is 59.5. The average Bonchev–Trinajstić information content (AvgIpc) is 3.13. The maximum Gasteiger partial charge on any atom is 0.203 e. The van der Waals surface area contributed by atoms with E-state index in [1.54, 1.807) is 0 Å². The van der Waals surface area contributed by atoms with Gasteiger partial charge in [-0.25, -0.2) is 0 Å². The Morgan fingerprint density at radius 3 is 1.10 bits per heavy atom. The lowest BCUT2D eigenvalue weighted by Crippen LogP contribution is -2.16. The van der Waals surface area contributed by atoms with Crippen molar-refractivity contribution in [3.05, 3.63) is 108 Å². The monoisotopic (exact) mass is 660 g/mol. The molecule has 5 rings (SSSR count). The summed E-state index contributed by atoms with van der Waals surface area (Å²) in [6.07, 6.45) is 0. The standard InChI is InChI=1S/C38H44O10/c1-3-9-31(10-4-1)29-47-35-15-7-13-33-37(35)45-27-23-41-19-20-42-24-28-46-38-34(44-26-22-40-18-17-39-21-25-43-33)14-8-16-36(38)48-30-32-11-5-2-6-12-32/h1-16H,17-30H2. The predicted octanol–water partition coefficient (Wildman–Crippen LogP) is 6.14. The van der Waals surface area contributed by atoms with E-state index in [-0.39, 0.29) is 0 Å². The van der Waals surface area contributed by atoms with Crippen LogP contribution >= 0.6 is 0 Å². The summed E-state index contributed by atoms with van der Waals surface area (Å²) in [7, 11) is 0. The summed E-state index contributed by atoms with van der Waals surface area (Å²) in [6.45, 7) is 5.23. The van der Waals surface area contributed by atoms with E-state index >= 15 is 0 Å². The molecule has 0 amide bonds. The van der Waals surface area contributed by atoms with Gasteiger partial charge in [-0.1, -0.05) is 72.8 Å². The van der Waals surface area contributed by atoms with Gasteiger partial charge in [0, 0.05) is 0 Å². The second-order valence-corrected chi connectivity index (χ2v) is 10.6. The summed E-state index contributed by atoms with van der Waals surface area (Å²) in [5.74, 6) is 3.38. The van der Waals surface area contributed by atoms with E-state index in [1.165, 1.54) is 0 Å². The Bertz CT molecular complexity index is 1340. The van der Waals surface area contributed by atoms with Crippen molar-refractivity contribution >= 4 is 0 Å². The molecule has 0 aromatic heterocycles. The first kappa shape index (κ1) is 34.8. The second-order valence-electron chi connectivity index (χ2n) is 10.6. The van der Waals surface area contributed by atoms with Crippen molar-refractivity contribution in [2.24, 2.45) is 0 Å². The molecule has 1 aliphatic heterocycles. The second kappa shape index (κ2) is 20.7. The maximum atomic E-state index is 6.12. The number of hydrogen-bond acceptors (Lipinski definition) is 10. The van der Waals surface area contributed by atoms with Crippen LogP contribution < -0.4 is 28.4 Å². The lowest BCUT2D eigenvalue weighted by Gasteiger charge is -2.18. The van der Waals surface area contributed by atoms with Crippen molar-refractivity contribution in [1.82, 2.24) is 0 Å². The summed E-state index contributed by atoms with van der Waals surface area (Å²) in [5, 5.41) is 0. The Balaban J connectivity index is 1.15. The largest absolute Gasteiger partial charge is 0.487 e. The van der Waals surface area contributed by atoms with Gasteiger partial charge in [0.05, 0.1) is 52.9 Å². The van der Waals surface area contributed by atoms with Crippen molar-refractivity contribution in [2.75, 3.05) is 79.3 Å². The zero-order valence-corrected chi connectivity index (χ0v) is 27.2. The Morgan fingerprint density at radius 1 is 0.354 bits per heavy atom. The molecule has 48 heavy (non-hydrogen) atoms. The van der Waals surface area contributed by atoms with Crippen LogP contribution in [0.15, 0.2) is 97.1 Å². The van der Waals surface area contributed by atoms with Gasteiger partial charge in [-0.2, -0.15) is 0 Å². The maximum absolute atomic E-state index is 6.12. The number of para-hydroxylation sites is 2. The summed E-state index contributed by atoms with van der Waals surface area (Å²) >= 11 is 0. The minimum absolute atomic E-state index is 0.307. The van der Waals surface area contributed by atoms with Crippen molar-refractivity contribution in [3.8, 4) is 34.5 Å². The number of ether oxygens (including phenoxy) is 10. The lowest BCUT2D eigenvalue weighted by molar-refractivity contribution is 0.0218. The SMILES string of the molecule is c1ccc(COc2cccc3c2OCCOCCOCCOc2c(cccc2OCc2ccccc2)OCCOCCOCCO3)cc1. The van der Waals surface area contributed by atoms with Gasteiger partial charge in [-0.05, 0) is 35.4 Å². The van der Waals surface area contributed by atoms with E-state index in [1.807, 2.05) is 97.1 Å². The molecule has 0 radical (unpaired) electrons. The highest BCUT2D eigenvalue weighted by Gasteiger charge is 2.15. The molecule has 0 N–H and O–H groups in total. The average molecular weight is 661 g/mol. The van der Waals surface area contributed by atoms with Crippen LogP contribution in [0.1, 0.15) is 11.1 Å². The van der Waals surface area contributed by atoms with Crippen molar-refractivity contribution in [2.45, 2.75) is 13.2 Å². The number of benzene rings is 4. The molecule has 10 heteroatoms. The molecule has 1 heterocycles. The number of hydrogen-bond donors (Lipinski definition) is 0. The predicted molar refractivity (Wildman–Crippen MR) is 180 cm³/mol. The van der Waals surface area contributed by atoms with Crippen LogP contribution in [0, 0.1) is 0 Å². The Kier molecular flexibility index (Phi) is 15.0. The van der Waals surface area contributed by atoms with Gasteiger partial charge in [-0.3, -0.25) is 0 Å². The van der Waals surface area contributed by atoms with Crippen LogP contribution in [-0.4, -0.2) is 79.3 Å². The van der Waals surface area contributed by atoms with Gasteiger partial charge in [0.1, 0.15) is 39.6 Å². The van der Waals surface area contributed by atoms with Crippen LogP contribution in [0.25, 0.3) is 0 Å². The lowest BCUT2D eigenvalue weighted by atomic mass is 10.2. The van der Waals surface area contributed by atoms with Gasteiger partial charge in [0.2, 0.25) is 11.5 Å². The van der Waals surface area contributed by atoms with Crippen LogP contribution in [0.3, 0.4) is 0 Å². The first-order chi connectivity index (χ1) is 23.9. The fourth-order valence-electron chi connectivity index (χ4n) is 4.67. The highest BCUT2D eigenvalue weighted by atomic mass is 16.6. The summed E-state index contributed by atoms with van der Waals surface area (Å²) in [4.78, 5) is 0. The summed E-state index contributed by atoms with van der Waals surface area (Å²) in [5.41, 5.74) is 2.11. The highest BCUT2D eigenvalue weighted by Crippen LogP contribution is 2.39. The van der Waals surface area contributed by atoms with Gasteiger partial charge in [0.25, 0.3) is 0 Å². The third-order valence-corrected chi connectivity index (χ3v) is 7.02. The topological polar surface area (TPSA) is 92.3 Å². The first-order valence-corrected chi connectivity index (χ1v) is 16.3. The first-order valence-electron chi connectivity index (χ1n) is 16.3. The zero-order valence-electron chi connectivity index (χ0n) is 27.2. The molecule has 0 bridgehead atoms. The van der Waals surface area contributed by atoms with Crippen LogP contribution in [0.2, 0.25) is 0 Å². The van der Waals surface area contributed by atoms with Crippen molar-refractivity contribution < 1.29 is 47.4 Å². The molecular formula is C38H44O10. The van der Waals surface area contributed by atoms with Gasteiger partial charge in [0.15, 0.2) is 23.0 Å². The van der Waals surface area contributed by atoms with E-state index < -0.39 is 0 Å². The third-order valence-electron chi connectivity index (χ3n) is 7.02. The van der Waals surface area contributed by atoms with E-state index in [0.717, 1.165) is 11.1 Å². The van der Waals surface area contributed by atoms with Crippen molar-refractivity contribution in [3.63, 3.8) is 0 Å². The molecular weight excluding hydrogens is 616 g/mol. The van der Waals surface area contributed by atoms with Crippen LogP contribution in [0.5, 0.6) is 34.5 Å². The molecule has 0 saturated heterocycles.